The molecule has 0 unspecified atom stereocenters. The highest BCUT2D eigenvalue weighted by Crippen LogP contribution is 2.36. The van der Waals surface area contributed by atoms with Gasteiger partial charge in [-0.2, -0.15) is 5.10 Å². The van der Waals surface area contributed by atoms with E-state index in [9.17, 15) is 0 Å². The summed E-state index contributed by atoms with van der Waals surface area (Å²) in [5, 5.41) is 5.37. The topological polar surface area (TPSA) is 75.9 Å². The third-order valence-corrected chi connectivity index (χ3v) is 5.78. The number of fused-ring (bicyclic) bond motifs is 1. The van der Waals surface area contributed by atoms with Crippen molar-refractivity contribution in [2.45, 2.75) is 32.1 Å². The lowest BCUT2D eigenvalue weighted by molar-refractivity contribution is 0.410. The third-order valence-electron chi connectivity index (χ3n) is 5.78. The second-order valence-corrected chi connectivity index (χ2v) is 7.50. The standard InChI is InChI=1S/C19H24N8/c1-13-23-18-15(11-22-25(18)2)19(24-13)27-8-6-26(7-9-27)17-10-16(20-12-21-17)14-4-3-5-14/h10-12,14H,3-9H2,1-2H3. The molecule has 3 aromatic heterocycles. The van der Waals surface area contributed by atoms with Gasteiger partial charge in [0, 0.05) is 50.9 Å². The molecule has 27 heavy (non-hydrogen) atoms. The summed E-state index contributed by atoms with van der Waals surface area (Å²) in [7, 11) is 1.92. The van der Waals surface area contributed by atoms with E-state index in [-0.39, 0.29) is 0 Å². The maximum Gasteiger partial charge on any atom is 0.163 e. The summed E-state index contributed by atoms with van der Waals surface area (Å²) < 4.78 is 1.81. The largest absolute Gasteiger partial charge is 0.353 e. The van der Waals surface area contributed by atoms with Crippen molar-refractivity contribution in [3.8, 4) is 0 Å². The van der Waals surface area contributed by atoms with E-state index in [0.717, 1.165) is 54.7 Å². The van der Waals surface area contributed by atoms with Crippen molar-refractivity contribution < 1.29 is 0 Å². The Morgan fingerprint density at radius 3 is 2.52 bits per heavy atom. The van der Waals surface area contributed by atoms with Gasteiger partial charge in [0.25, 0.3) is 0 Å². The van der Waals surface area contributed by atoms with Gasteiger partial charge in [0.05, 0.1) is 11.6 Å². The molecule has 1 saturated carbocycles. The highest BCUT2D eigenvalue weighted by atomic mass is 15.3. The molecule has 0 atom stereocenters. The summed E-state index contributed by atoms with van der Waals surface area (Å²) in [5.41, 5.74) is 2.10. The van der Waals surface area contributed by atoms with Gasteiger partial charge in [-0.3, -0.25) is 4.68 Å². The molecule has 1 aliphatic heterocycles. The first kappa shape index (κ1) is 16.4. The number of nitrogens with zero attached hydrogens (tertiary/aromatic N) is 8. The van der Waals surface area contributed by atoms with E-state index in [1.807, 2.05) is 24.9 Å². The lowest BCUT2D eigenvalue weighted by atomic mass is 9.83. The van der Waals surface area contributed by atoms with Crippen molar-refractivity contribution in [1.29, 1.82) is 0 Å². The summed E-state index contributed by atoms with van der Waals surface area (Å²) >= 11 is 0. The number of rotatable bonds is 3. The fourth-order valence-electron chi connectivity index (χ4n) is 3.96. The lowest BCUT2D eigenvalue weighted by Gasteiger charge is -2.36. The van der Waals surface area contributed by atoms with E-state index in [4.69, 9.17) is 4.98 Å². The van der Waals surface area contributed by atoms with Crippen molar-refractivity contribution >= 4 is 22.7 Å². The number of hydrogen-bond acceptors (Lipinski definition) is 7. The first-order valence-corrected chi connectivity index (χ1v) is 9.67. The molecule has 8 heteroatoms. The van der Waals surface area contributed by atoms with Gasteiger partial charge >= 0.3 is 0 Å². The Kier molecular flexibility index (Phi) is 3.91. The van der Waals surface area contributed by atoms with Gasteiger partial charge in [-0.1, -0.05) is 6.42 Å². The Bertz CT molecular complexity index is 969. The van der Waals surface area contributed by atoms with E-state index in [1.54, 1.807) is 6.33 Å². The van der Waals surface area contributed by atoms with Crippen LogP contribution in [0.25, 0.3) is 11.0 Å². The molecular formula is C19H24N8. The minimum Gasteiger partial charge on any atom is -0.353 e. The number of aryl methyl sites for hydroxylation is 2. The van der Waals surface area contributed by atoms with E-state index in [2.05, 4.69) is 35.9 Å². The fourth-order valence-corrected chi connectivity index (χ4v) is 3.96. The van der Waals surface area contributed by atoms with E-state index in [1.165, 1.54) is 25.0 Å². The van der Waals surface area contributed by atoms with Crippen molar-refractivity contribution in [2.24, 2.45) is 7.05 Å². The van der Waals surface area contributed by atoms with E-state index < -0.39 is 0 Å². The van der Waals surface area contributed by atoms with E-state index >= 15 is 0 Å². The molecule has 0 amide bonds. The molecule has 0 bridgehead atoms. The SMILES string of the molecule is Cc1nc(N2CCN(c3cc(C4CCC4)ncn3)CC2)c2cnn(C)c2n1. The van der Waals surface area contributed by atoms with E-state index in [0.29, 0.717) is 5.92 Å². The molecule has 140 valence electrons. The normalized spacial score (nSPS) is 18.1. The first-order chi connectivity index (χ1) is 13.2. The summed E-state index contributed by atoms with van der Waals surface area (Å²) in [5.74, 6) is 3.46. The molecule has 1 aliphatic carbocycles. The molecule has 5 rings (SSSR count). The van der Waals surface area contributed by atoms with Crippen LogP contribution in [0.4, 0.5) is 11.6 Å². The molecule has 1 saturated heterocycles. The summed E-state index contributed by atoms with van der Waals surface area (Å²) in [4.78, 5) is 22.9. The zero-order valence-electron chi connectivity index (χ0n) is 15.8. The summed E-state index contributed by atoms with van der Waals surface area (Å²) in [6.45, 7) is 5.60. The predicted molar refractivity (Wildman–Crippen MR) is 104 cm³/mol. The molecule has 0 spiro atoms. The summed E-state index contributed by atoms with van der Waals surface area (Å²) in [6.07, 6.45) is 7.44. The highest BCUT2D eigenvalue weighted by Gasteiger charge is 2.25. The van der Waals surface area contributed by atoms with Crippen LogP contribution in [0.2, 0.25) is 0 Å². The monoisotopic (exact) mass is 364 g/mol. The summed E-state index contributed by atoms with van der Waals surface area (Å²) in [6, 6.07) is 2.19. The molecule has 8 nitrogen and oxygen atoms in total. The van der Waals surface area contributed by atoms with Gasteiger partial charge in [-0.05, 0) is 19.8 Å². The van der Waals surface area contributed by atoms with Crippen LogP contribution in [-0.2, 0) is 7.05 Å². The average molecular weight is 364 g/mol. The molecule has 2 aliphatic rings. The minimum atomic E-state index is 0.635. The zero-order valence-corrected chi connectivity index (χ0v) is 15.8. The molecule has 2 fully saturated rings. The van der Waals surface area contributed by atoms with Crippen LogP contribution in [0.3, 0.4) is 0 Å². The van der Waals surface area contributed by atoms with Crippen LogP contribution in [0, 0.1) is 6.92 Å². The molecule has 0 aromatic carbocycles. The van der Waals surface area contributed by atoms with Gasteiger partial charge in [0.1, 0.15) is 23.8 Å². The quantitative estimate of drug-likeness (QED) is 0.704. The third kappa shape index (κ3) is 2.89. The zero-order chi connectivity index (χ0) is 18.4. The number of aromatic nitrogens is 6. The van der Waals surface area contributed by atoms with Crippen molar-refractivity contribution in [2.75, 3.05) is 36.0 Å². The predicted octanol–water partition coefficient (Wildman–Crippen LogP) is 2.06. The minimum absolute atomic E-state index is 0.635. The number of piperazine rings is 1. The first-order valence-electron chi connectivity index (χ1n) is 9.67. The van der Waals surface area contributed by atoms with Crippen LogP contribution in [0.15, 0.2) is 18.6 Å². The van der Waals surface area contributed by atoms with Crippen LogP contribution >= 0.6 is 0 Å². The fraction of sp³-hybridized carbons (Fsp3) is 0.526. The Morgan fingerprint density at radius 2 is 1.78 bits per heavy atom. The number of anilines is 2. The molecule has 4 heterocycles. The molecule has 3 aromatic rings. The van der Waals surface area contributed by atoms with Gasteiger partial charge < -0.3 is 9.80 Å². The maximum atomic E-state index is 4.71. The Labute approximate surface area is 158 Å². The molecule has 0 N–H and O–H groups in total. The van der Waals surface area contributed by atoms with Crippen molar-refractivity contribution in [3.63, 3.8) is 0 Å². The van der Waals surface area contributed by atoms with Crippen LogP contribution in [-0.4, -0.2) is 55.9 Å². The van der Waals surface area contributed by atoms with Gasteiger partial charge in [-0.25, -0.2) is 19.9 Å². The highest BCUT2D eigenvalue weighted by molar-refractivity contribution is 5.87. The molecular weight excluding hydrogens is 340 g/mol. The average Bonchev–Trinajstić information content (AvgIpc) is 3.01. The Balaban J connectivity index is 1.35. The maximum absolute atomic E-state index is 4.71. The van der Waals surface area contributed by atoms with Crippen LogP contribution in [0.5, 0.6) is 0 Å². The second-order valence-electron chi connectivity index (χ2n) is 7.50. The Hall–Kier alpha value is -2.77. The molecule has 0 radical (unpaired) electrons. The van der Waals surface area contributed by atoms with Crippen LogP contribution in [0.1, 0.15) is 36.7 Å². The van der Waals surface area contributed by atoms with Crippen molar-refractivity contribution in [1.82, 2.24) is 29.7 Å². The van der Waals surface area contributed by atoms with Crippen molar-refractivity contribution in [3.05, 3.63) is 30.1 Å². The van der Waals surface area contributed by atoms with Gasteiger partial charge in [0.2, 0.25) is 0 Å². The van der Waals surface area contributed by atoms with Crippen LogP contribution < -0.4 is 9.80 Å². The second kappa shape index (κ2) is 6.44. The lowest BCUT2D eigenvalue weighted by Crippen LogP contribution is -2.47. The number of hydrogen-bond donors (Lipinski definition) is 0. The van der Waals surface area contributed by atoms with Gasteiger partial charge in [-0.15, -0.1) is 0 Å². The smallest absolute Gasteiger partial charge is 0.163 e. The van der Waals surface area contributed by atoms with Gasteiger partial charge in [0.15, 0.2) is 5.65 Å². The Morgan fingerprint density at radius 1 is 1.00 bits per heavy atom.